The van der Waals surface area contributed by atoms with Gasteiger partial charge in [0, 0.05) is 87.4 Å². The second kappa shape index (κ2) is 21.1. The number of carbonyl (C=O) groups excluding carboxylic acids is 3. The normalized spacial score (nSPS) is 23.4. The Bertz CT molecular complexity index is 2970. The zero-order valence-corrected chi connectivity index (χ0v) is 44.9. The number of thiazole rings is 1. The summed E-state index contributed by atoms with van der Waals surface area (Å²) in [6.07, 6.45) is 12.3. The fraction of sp³-hybridized carbons (Fsp3) is 0.607. The number of ether oxygens (including phenoxy) is 2. The number of nitrogens with one attached hydrogen (secondary N) is 1. The van der Waals surface area contributed by atoms with Crippen molar-refractivity contribution in [2.75, 3.05) is 72.1 Å². The van der Waals surface area contributed by atoms with Crippen LogP contribution in [0.4, 0.5) is 9.18 Å². The van der Waals surface area contributed by atoms with Crippen LogP contribution in [-0.4, -0.2) is 156 Å². The topological polar surface area (TPSA) is 175 Å². The summed E-state index contributed by atoms with van der Waals surface area (Å²) >= 11 is 1.89. The summed E-state index contributed by atoms with van der Waals surface area (Å²) in [5.74, 6) is 0.961. The number of amides is 3. The average Bonchev–Trinajstić information content (AvgIpc) is 4.12. The highest BCUT2D eigenvalue weighted by Gasteiger charge is 2.69. The van der Waals surface area contributed by atoms with E-state index >= 15 is 4.39 Å². The van der Waals surface area contributed by atoms with Crippen molar-refractivity contribution >= 4 is 40.0 Å². The van der Waals surface area contributed by atoms with Gasteiger partial charge in [-0.2, -0.15) is 5.10 Å². The summed E-state index contributed by atoms with van der Waals surface area (Å²) in [6.45, 7) is 14.9. The van der Waals surface area contributed by atoms with E-state index in [1.54, 1.807) is 48.8 Å². The van der Waals surface area contributed by atoms with Crippen molar-refractivity contribution in [3.63, 3.8) is 0 Å². The summed E-state index contributed by atoms with van der Waals surface area (Å²) < 4.78 is 29.8. The minimum Gasteiger partial charge on any atom is -0.444 e. The maximum Gasteiger partial charge on any atom is 0.410 e. The molecule has 3 amide bonds. The molecule has 0 spiro atoms. The highest BCUT2D eigenvalue weighted by molar-refractivity contribution is 7.11. The number of nitrogens with zero attached hydrogens (tertiary/aromatic N) is 10. The lowest BCUT2D eigenvalue weighted by atomic mass is 9.34. The number of hydrogen-bond acceptors (Lipinski definition) is 13. The van der Waals surface area contributed by atoms with E-state index in [0.717, 1.165) is 65.0 Å². The number of likely N-dealkylation sites (tertiary alicyclic amines) is 2. The van der Waals surface area contributed by atoms with Crippen LogP contribution in [-0.2, 0) is 45.6 Å². The maximum atomic E-state index is 15.2. The number of halogens is 1. The molecule has 4 aliphatic heterocycles. The summed E-state index contributed by atoms with van der Waals surface area (Å²) in [5, 5.41) is 18.6. The second-order valence-electron chi connectivity index (χ2n) is 23.3. The van der Waals surface area contributed by atoms with Crippen LogP contribution < -0.4 is 5.56 Å². The Morgan fingerprint density at radius 1 is 0.893 bits per heavy atom. The summed E-state index contributed by atoms with van der Waals surface area (Å²) in [4.78, 5) is 69.9. The van der Waals surface area contributed by atoms with E-state index in [-0.39, 0.29) is 80.8 Å². The minimum absolute atomic E-state index is 0.0680. The molecule has 12 rings (SSSR count). The third kappa shape index (κ3) is 10.9. The van der Waals surface area contributed by atoms with Crippen molar-refractivity contribution < 1.29 is 28.2 Å². The van der Waals surface area contributed by atoms with Crippen LogP contribution in [0.1, 0.15) is 140 Å². The van der Waals surface area contributed by atoms with Gasteiger partial charge >= 0.3 is 6.09 Å². The molecule has 1 N–H and O–H groups in total. The Balaban J connectivity index is 0.623. The van der Waals surface area contributed by atoms with Gasteiger partial charge in [-0.25, -0.2) is 19.3 Å². The van der Waals surface area contributed by atoms with Crippen LogP contribution in [0.5, 0.6) is 0 Å². The molecule has 17 nitrogen and oxygen atoms in total. The van der Waals surface area contributed by atoms with Crippen LogP contribution >= 0.6 is 11.3 Å². The van der Waals surface area contributed by atoms with Crippen LogP contribution in [0.3, 0.4) is 0 Å². The maximum absolute atomic E-state index is 15.2. The standard InChI is InChI=1S/C56H72FN11O6S/c1-37-49(58-47(75-37)31-66-19-10-13-45(66)50-61-60-46-14-6-5-9-20-68(46)50)56-33-55(34-56,35-56)36-63-21-17-39(18-22-63)73-28-27-67(53(72)74-54(2,3)4)32-48(69)64-23-25-65(26-24-64)52(71)42-29-38(15-16-43(42)57)30-44-40-11-7-8-12-41(40)51(70)62-59-44/h7-8,11-12,15-16,29,39,45H,5-6,9-10,13-14,17-28,30-36H2,1-4H3,(H,62,70). The fourth-order valence-electron chi connectivity index (χ4n) is 13.2. The molecule has 3 aliphatic carbocycles. The van der Waals surface area contributed by atoms with Gasteiger partial charge < -0.3 is 28.7 Å². The largest absolute Gasteiger partial charge is 0.444 e. The number of hydrogen-bond donors (Lipinski definition) is 1. The van der Waals surface area contributed by atoms with Gasteiger partial charge in [-0.05, 0) is 121 Å². The van der Waals surface area contributed by atoms with Crippen molar-refractivity contribution in [3.8, 4) is 0 Å². The van der Waals surface area contributed by atoms with Gasteiger partial charge in [0.25, 0.3) is 11.5 Å². The molecule has 3 saturated carbocycles. The lowest BCUT2D eigenvalue weighted by Crippen LogP contribution is -2.68. The van der Waals surface area contributed by atoms with E-state index in [1.165, 1.54) is 89.2 Å². The third-order valence-electron chi connectivity index (χ3n) is 16.7. The first-order valence-corrected chi connectivity index (χ1v) is 28.2. The molecule has 19 heteroatoms. The summed E-state index contributed by atoms with van der Waals surface area (Å²) in [5.41, 5.74) is 2.12. The molecule has 75 heavy (non-hydrogen) atoms. The molecule has 5 aromatic rings. The van der Waals surface area contributed by atoms with Gasteiger partial charge in [-0.3, -0.25) is 24.2 Å². The van der Waals surface area contributed by atoms with E-state index in [9.17, 15) is 19.2 Å². The van der Waals surface area contributed by atoms with Crippen molar-refractivity contribution in [1.29, 1.82) is 0 Å². The number of aromatic amines is 1. The van der Waals surface area contributed by atoms with E-state index in [2.05, 4.69) is 36.6 Å². The van der Waals surface area contributed by atoms with Gasteiger partial charge in [0.1, 0.15) is 34.6 Å². The Morgan fingerprint density at radius 3 is 2.43 bits per heavy atom. The Hall–Kier alpha value is -5.63. The SMILES string of the molecule is Cc1sc(CN2CCCC2c2nnc3n2CCCCC3)nc1C12CC(CN3CCC(OCCN(CC(=O)N4CCN(C(=O)c5cc(Cc6n[nH]c(=O)c7ccccc67)ccc5F)CC4)C(=O)OC(C)(C)C)CC3)(C1)C2. The van der Waals surface area contributed by atoms with Gasteiger partial charge in [0.2, 0.25) is 5.91 Å². The first kappa shape index (κ1) is 51.5. The molecular weight excluding hydrogens is 974 g/mol. The Kier molecular flexibility index (Phi) is 14.5. The Morgan fingerprint density at radius 2 is 1.65 bits per heavy atom. The minimum atomic E-state index is -0.757. The van der Waals surface area contributed by atoms with Crippen molar-refractivity contribution in [2.24, 2.45) is 5.41 Å². The van der Waals surface area contributed by atoms with Crippen molar-refractivity contribution in [1.82, 2.24) is 54.4 Å². The lowest BCUT2D eigenvalue weighted by molar-refractivity contribution is -0.162. The van der Waals surface area contributed by atoms with Crippen LogP contribution in [0.2, 0.25) is 0 Å². The predicted octanol–water partition coefficient (Wildman–Crippen LogP) is 7.20. The molecule has 2 bridgehead atoms. The first-order valence-electron chi connectivity index (χ1n) is 27.4. The van der Waals surface area contributed by atoms with E-state index in [1.807, 2.05) is 23.5 Å². The molecule has 3 aromatic heterocycles. The quantitative estimate of drug-likeness (QED) is 0.112. The van der Waals surface area contributed by atoms with Crippen LogP contribution in [0.15, 0.2) is 47.3 Å². The molecule has 3 saturated heterocycles. The molecule has 7 heterocycles. The monoisotopic (exact) mass is 1050 g/mol. The summed E-state index contributed by atoms with van der Waals surface area (Å²) in [7, 11) is 0. The van der Waals surface area contributed by atoms with E-state index in [4.69, 9.17) is 19.6 Å². The molecular formula is C56H72FN11O6S. The number of aromatic nitrogens is 6. The molecule has 1 unspecified atom stereocenters. The number of rotatable bonds is 15. The van der Waals surface area contributed by atoms with Gasteiger partial charge in [0.15, 0.2) is 0 Å². The van der Waals surface area contributed by atoms with Crippen LogP contribution in [0, 0.1) is 18.2 Å². The van der Waals surface area contributed by atoms with Crippen molar-refractivity contribution in [2.45, 2.75) is 141 Å². The molecule has 6 fully saturated rings. The zero-order valence-electron chi connectivity index (χ0n) is 44.1. The fourth-order valence-corrected chi connectivity index (χ4v) is 14.3. The lowest BCUT2D eigenvalue weighted by Gasteiger charge is -2.71. The van der Waals surface area contributed by atoms with Gasteiger partial charge in [-0.1, -0.05) is 30.7 Å². The van der Waals surface area contributed by atoms with E-state index < -0.39 is 23.4 Å². The van der Waals surface area contributed by atoms with Crippen molar-refractivity contribution in [3.05, 3.63) is 103 Å². The van der Waals surface area contributed by atoms with Crippen LogP contribution in [0.25, 0.3) is 10.8 Å². The predicted molar refractivity (Wildman–Crippen MR) is 282 cm³/mol. The smallest absolute Gasteiger partial charge is 0.410 e. The number of fused-ring (bicyclic) bond motifs is 2. The van der Waals surface area contributed by atoms with Gasteiger partial charge in [-0.15, -0.1) is 21.5 Å². The number of carbonyl (C=O) groups is 3. The Labute approximate surface area is 442 Å². The number of aryl methyl sites for hydroxylation is 2. The van der Waals surface area contributed by atoms with Gasteiger partial charge in [0.05, 0.1) is 47.6 Å². The highest BCUT2D eigenvalue weighted by atomic mass is 32.1. The highest BCUT2D eigenvalue weighted by Crippen LogP contribution is 2.74. The van der Waals surface area contributed by atoms with E-state index in [0.29, 0.717) is 33.5 Å². The molecule has 7 aliphatic rings. The molecule has 400 valence electrons. The number of piperazine rings is 1. The number of benzene rings is 2. The zero-order chi connectivity index (χ0) is 52.1. The molecule has 1 atom stereocenters. The average molecular weight is 1050 g/mol. The second-order valence-corrected chi connectivity index (χ2v) is 24.6. The summed E-state index contributed by atoms with van der Waals surface area (Å²) in [6, 6.07) is 11.9. The number of H-pyrrole nitrogens is 1. The third-order valence-corrected chi connectivity index (χ3v) is 17.7. The molecule has 2 aromatic carbocycles. The molecule has 0 radical (unpaired) electrons. The number of piperidine rings is 1. The first-order chi connectivity index (χ1) is 36.1.